The number of halogens is 2. The smallest absolute Gasteiger partial charge is 0.250 e. The highest BCUT2D eigenvalue weighted by Gasteiger charge is 2.40. The van der Waals surface area contributed by atoms with E-state index in [1.807, 2.05) is 11.8 Å². The van der Waals surface area contributed by atoms with E-state index in [-0.39, 0.29) is 18.7 Å². The van der Waals surface area contributed by atoms with E-state index in [0.29, 0.717) is 75.6 Å². The van der Waals surface area contributed by atoms with Gasteiger partial charge in [-0.2, -0.15) is 0 Å². The highest BCUT2D eigenvalue weighted by molar-refractivity contribution is 5.79. The summed E-state index contributed by atoms with van der Waals surface area (Å²) in [6.07, 6.45) is 4.79. The van der Waals surface area contributed by atoms with E-state index in [1.54, 1.807) is 0 Å². The van der Waals surface area contributed by atoms with Crippen LogP contribution in [-0.2, 0) is 9.59 Å². The van der Waals surface area contributed by atoms with Gasteiger partial charge in [-0.05, 0) is 44.6 Å². The maximum absolute atomic E-state index is 13.3. The molecule has 0 aromatic heterocycles. The molecule has 1 saturated carbocycles. The molecule has 1 aliphatic carbocycles. The topological polar surface area (TPSA) is 43.9 Å². The standard InChI is InChI=1S/C23H39F2N3O2/c1-3-9-28-17-18(14-19-16-20(29)5-6-21(19)28)15-22(30)27(4-2)13-12-26-10-7-23(24,25)8-11-26/h18-19,21H,3-17H2,1-2H3/t18-,19-,21-/m1/s1. The van der Waals surface area contributed by atoms with Gasteiger partial charge in [0.05, 0.1) is 0 Å². The van der Waals surface area contributed by atoms with Gasteiger partial charge >= 0.3 is 0 Å². The van der Waals surface area contributed by atoms with Crippen LogP contribution in [0.3, 0.4) is 0 Å². The Morgan fingerprint density at radius 3 is 2.60 bits per heavy atom. The third-order valence-electron chi connectivity index (χ3n) is 7.33. The van der Waals surface area contributed by atoms with Crippen LogP contribution in [0.25, 0.3) is 0 Å². The number of likely N-dealkylation sites (N-methyl/N-ethyl adjacent to an activating group) is 1. The summed E-state index contributed by atoms with van der Waals surface area (Å²) in [5.74, 6) is -1.28. The van der Waals surface area contributed by atoms with E-state index in [9.17, 15) is 18.4 Å². The summed E-state index contributed by atoms with van der Waals surface area (Å²) in [6, 6.07) is 0.508. The van der Waals surface area contributed by atoms with Crippen molar-refractivity contribution >= 4 is 11.7 Å². The molecule has 172 valence electrons. The van der Waals surface area contributed by atoms with E-state index in [1.165, 1.54) is 0 Å². The second-order valence-electron chi connectivity index (χ2n) is 9.58. The van der Waals surface area contributed by atoms with Crippen molar-refractivity contribution in [1.29, 1.82) is 0 Å². The van der Waals surface area contributed by atoms with Crippen LogP contribution in [-0.4, -0.2) is 84.2 Å². The predicted molar refractivity (Wildman–Crippen MR) is 114 cm³/mol. The first-order valence-corrected chi connectivity index (χ1v) is 11.9. The van der Waals surface area contributed by atoms with Gasteiger partial charge in [0.25, 0.3) is 5.92 Å². The van der Waals surface area contributed by atoms with E-state index >= 15 is 0 Å². The number of carbonyl (C=O) groups excluding carboxylic acids is 2. The average molecular weight is 428 g/mol. The maximum Gasteiger partial charge on any atom is 0.250 e. The van der Waals surface area contributed by atoms with E-state index in [2.05, 4.69) is 16.7 Å². The van der Waals surface area contributed by atoms with Gasteiger partial charge in [-0.1, -0.05) is 6.92 Å². The highest BCUT2D eigenvalue weighted by atomic mass is 19.3. The normalized spacial score (nSPS) is 30.1. The van der Waals surface area contributed by atoms with Crippen molar-refractivity contribution in [2.75, 3.05) is 45.8 Å². The molecule has 2 saturated heterocycles. The van der Waals surface area contributed by atoms with Gasteiger partial charge in [-0.3, -0.25) is 14.5 Å². The van der Waals surface area contributed by atoms with Gasteiger partial charge in [0, 0.05) is 77.4 Å². The molecule has 0 N–H and O–H groups in total. The van der Waals surface area contributed by atoms with Crippen LogP contribution < -0.4 is 0 Å². The van der Waals surface area contributed by atoms with Crippen molar-refractivity contribution in [3.05, 3.63) is 0 Å². The van der Waals surface area contributed by atoms with Crippen molar-refractivity contribution in [2.45, 2.75) is 77.2 Å². The molecule has 0 aromatic carbocycles. The fourth-order valence-electron chi connectivity index (χ4n) is 5.66. The Labute approximate surface area is 180 Å². The van der Waals surface area contributed by atoms with Crippen LogP contribution in [0.15, 0.2) is 0 Å². The van der Waals surface area contributed by atoms with E-state index < -0.39 is 5.92 Å². The van der Waals surface area contributed by atoms with E-state index in [0.717, 1.165) is 32.4 Å². The Morgan fingerprint density at radius 1 is 1.20 bits per heavy atom. The lowest BCUT2D eigenvalue weighted by Crippen LogP contribution is -2.52. The van der Waals surface area contributed by atoms with Gasteiger partial charge in [0.2, 0.25) is 5.91 Å². The number of alkyl halides is 2. The molecule has 30 heavy (non-hydrogen) atoms. The Bertz CT molecular complexity index is 591. The predicted octanol–water partition coefficient (Wildman–Crippen LogP) is 3.43. The SMILES string of the molecule is CCCN1C[C@@H](CC(=O)N(CC)CCN2CCC(F)(F)CC2)C[C@@H]2CC(=O)CC[C@H]21. The largest absolute Gasteiger partial charge is 0.342 e. The van der Waals surface area contributed by atoms with Crippen molar-refractivity contribution < 1.29 is 18.4 Å². The van der Waals surface area contributed by atoms with Gasteiger partial charge < -0.3 is 9.80 Å². The summed E-state index contributed by atoms with van der Waals surface area (Å²) in [7, 11) is 0. The van der Waals surface area contributed by atoms with Crippen LogP contribution >= 0.6 is 0 Å². The molecule has 2 heterocycles. The third-order valence-corrected chi connectivity index (χ3v) is 7.33. The van der Waals surface area contributed by atoms with Crippen LogP contribution in [0.4, 0.5) is 8.78 Å². The molecule has 0 spiro atoms. The number of likely N-dealkylation sites (tertiary alicyclic amines) is 2. The van der Waals surface area contributed by atoms with Crippen LogP contribution in [0.1, 0.15) is 65.2 Å². The number of piperidine rings is 2. The summed E-state index contributed by atoms with van der Waals surface area (Å²) < 4.78 is 26.7. The fraction of sp³-hybridized carbons (Fsp3) is 0.913. The van der Waals surface area contributed by atoms with E-state index in [4.69, 9.17) is 0 Å². The first-order chi connectivity index (χ1) is 14.3. The summed E-state index contributed by atoms with van der Waals surface area (Å²) in [4.78, 5) is 31.5. The fourth-order valence-corrected chi connectivity index (χ4v) is 5.66. The number of rotatable bonds is 8. The molecule has 3 rings (SSSR count). The summed E-state index contributed by atoms with van der Waals surface area (Å²) in [5.41, 5.74) is 0. The molecular weight excluding hydrogens is 388 g/mol. The minimum Gasteiger partial charge on any atom is -0.342 e. The second kappa shape index (κ2) is 10.5. The van der Waals surface area contributed by atoms with Crippen molar-refractivity contribution in [3.8, 4) is 0 Å². The summed E-state index contributed by atoms with van der Waals surface area (Å²) >= 11 is 0. The molecular formula is C23H39F2N3O2. The third kappa shape index (κ3) is 6.22. The number of hydrogen-bond acceptors (Lipinski definition) is 4. The average Bonchev–Trinajstić information content (AvgIpc) is 2.69. The molecule has 2 aliphatic heterocycles. The number of fused-ring (bicyclic) bond motifs is 1. The second-order valence-corrected chi connectivity index (χ2v) is 9.58. The first kappa shape index (κ1) is 23.6. The molecule has 3 atom stereocenters. The minimum absolute atomic E-state index is 0.0797. The molecule has 3 aliphatic rings. The summed E-state index contributed by atoms with van der Waals surface area (Å²) in [5, 5.41) is 0. The molecule has 0 unspecified atom stereocenters. The summed E-state index contributed by atoms with van der Waals surface area (Å²) in [6.45, 7) is 8.91. The molecule has 7 heteroatoms. The molecule has 3 fully saturated rings. The number of ketones is 1. The number of carbonyl (C=O) groups is 2. The zero-order valence-corrected chi connectivity index (χ0v) is 18.8. The number of hydrogen-bond donors (Lipinski definition) is 0. The van der Waals surface area contributed by atoms with Crippen molar-refractivity contribution in [1.82, 2.24) is 14.7 Å². The zero-order valence-electron chi connectivity index (χ0n) is 18.8. The molecule has 5 nitrogen and oxygen atoms in total. The zero-order chi connectivity index (χ0) is 21.7. The number of Topliss-reactive ketones (excluding diaryl/α,β-unsaturated/α-hetero) is 1. The Kier molecular flexibility index (Phi) is 8.24. The Hall–Kier alpha value is -1.08. The van der Waals surface area contributed by atoms with Crippen LogP contribution in [0.2, 0.25) is 0 Å². The van der Waals surface area contributed by atoms with Gasteiger partial charge in [-0.15, -0.1) is 0 Å². The van der Waals surface area contributed by atoms with Crippen molar-refractivity contribution in [3.63, 3.8) is 0 Å². The maximum atomic E-state index is 13.3. The quantitative estimate of drug-likeness (QED) is 0.595. The van der Waals surface area contributed by atoms with Crippen LogP contribution in [0, 0.1) is 11.8 Å². The molecule has 0 radical (unpaired) electrons. The van der Waals surface area contributed by atoms with Gasteiger partial charge in [0.15, 0.2) is 0 Å². The molecule has 1 amide bonds. The monoisotopic (exact) mass is 427 g/mol. The number of nitrogens with zero attached hydrogens (tertiary/aromatic N) is 3. The Morgan fingerprint density at radius 2 is 1.93 bits per heavy atom. The first-order valence-electron chi connectivity index (χ1n) is 11.9. The molecule has 0 bridgehead atoms. The van der Waals surface area contributed by atoms with Gasteiger partial charge in [0.1, 0.15) is 5.78 Å². The Balaban J connectivity index is 1.50. The minimum atomic E-state index is -2.53. The van der Waals surface area contributed by atoms with Crippen LogP contribution in [0.5, 0.6) is 0 Å². The molecule has 0 aromatic rings. The lowest BCUT2D eigenvalue weighted by molar-refractivity contribution is -0.134. The van der Waals surface area contributed by atoms with Gasteiger partial charge in [-0.25, -0.2) is 8.78 Å². The number of amides is 1. The lowest BCUT2D eigenvalue weighted by Gasteiger charge is -2.47. The van der Waals surface area contributed by atoms with Crippen molar-refractivity contribution in [2.24, 2.45) is 11.8 Å². The lowest BCUT2D eigenvalue weighted by atomic mass is 9.73. The highest BCUT2D eigenvalue weighted by Crippen LogP contribution is 2.37.